The smallest absolute Gasteiger partial charge is 0.137 e. The summed E-state index contributed by atoms with van der Waals surface area (Å²) in [4.78, 5) is 22.1. The molecule has 0 saturated carbocycles. The van der Waals surface area contributed by atoms with Crippen molar-refractivity contribution in [3.05, 3.63) is 188 Å². The molecule has 0 radical (unpaired) electrons. The third-order valence-corrected chi connectivity index (χ3v) is 12.0. The maximum atomic E-state index is 8.87. The van der Waals surface area contributed by atoms with Crippen molar-refractivity contribution in [1.29, 1.82) is 0 Å². The minimum atomic E-state index is -0.177. The van der Waals surface area contributed by atoms with Gasteiger partial charge in [-0.15, -0.1) is 22.7 Å². The minimum absolute atomic E-state index is 0.128. The van der Waals surface area contributed by atoms with Gasteiger partial charge in [-0.25, -0.2) is 0 Å². The minimum Gasteiger partial charge on any atom is -0.506 e. The van der Waals surface area contributed by atoms with Crippen molar-refractivity contribution in [3.8, 4) is 76.8 Å². The number of rotatable bonds is 4. The van der Waals surface area contributed by atoms with Gasteiger partial charge in [0.05, 0.1) is 72.4 Å². The van der Waals surface area contributed by atoms with Crippen LogP contribution in [0.15, 0.2) is 158 Å². The Hall–Kier alpha value is -5.80. The van der Waals surface area contributed by atoms with Crippen LogP contribution >= 0.6 is 92.3 Å². The fraction of sp³-hybridized carbons (Fsp3) is 0. The number of halogens is 6. The van der Waals surface area contributed by atoms with Gasteiger partial charge in [-0.2, -0.15) is 0 Å². The van der Waals surface area contributed by atoms with Crippen molar-refractivity contribution in [1.82, 2.24) is 19.9 Å². The number of thiophene rings is 2. The van der Waals surface area contributed by atoms with Crippen LogP contribution in [0.25, 0.3) is 42.3 Å². The van der Waals surface area contributed by atoms with Crippen molar-refractivity contribution in [3.63, 3.8) is 0 Å². The molecule has 0 spiro atoms. The molecule has 0 aliphatic rings. The molecule has 0 fully saturated rings. The second kappa shape index (κ2) is 24.3. The Labute approximate surface area is 405 Å². The van der Waals surface area contributed by atoms with E-state index in [0.717, 1.165) is 41.0 Å². The van der Waals surface area contributed by atoms with E-state index in [9.17, 15) is 0 Å². The largest absolute Gasteiger partial charge is 0.506 e. The van der Waals surface area contributed by atoms with Gasteiger partial charge in [0.1, 0.15) is 34.5 Å². The average molecular weight is 1010 g/mol. The van der Waals surface area contributed by atoms with E-state index >= 15 is 0 Å². The molecule has 6 heterocycles. The van der Waals surface area contributed by atoms with E-state index in [2.05, 4.69) is 44.2 Å². The monoisotopic (exact) mass is 1010 g/mol. The molecule has 326 valence electrons. The molecular weight excluding hydrogens is 981 g/mol. The van der Waals surface area contributed by atoms with E-state index in [1.54, 1.807) is 22.7 Å². The van der Waals surface area contributed by atoms with Crippen LogP contribution in [0, 0.1) is 0 Å². The third-order valence-electron chi connectivity index (χ3n) is 7.93. The van der Waals surface area contributed by atoms with Crippen LogP contribution in [0.4, 0.5) is 0 Å². The highest BCUT2D eigenvalue weighted by Gasteiger charge is 2.08. The Kier molecular flexibility index (Phi) is 18.7. The lowest BCUT2D eigenvalue weighted by Crippen LogP contribution is -1.76. The zero-order chi connectivity index (χ0) is 46.2. The lowest BCUT2D eigenvalue weighted by atomic mass is 10.3. The van der Waals surface area contributed by atoms with Crippen LogP contribution in [0.2, 0.25) is 30.1 Å². The molecule has 6 aromatic heterocycles. The molecule has 0 unspecified atom stereocenters. The van der Waals surface area contributed by atoms with Gasteiger partial charge in [-0.3, -0.25) is 19.9 Å². The van der Waals surface area contributed by atoms with Crippen LogP contribution in [0.1, 0.15) is 0 Å². The summed E-state index contributed by atoms with van der Waals surface area (Å²) in [5, 5.41) is 54.0. The predicted molar refractivity (Wildman–Crippen MR) is 261 cm³/mol. The van der Waals surface area contributed by atoms with Crippen LogP contribution in [0.3, 0.4) is 0 Å². The van der Waals surface area contributed by atoms with Crippen LogP contribution in [-0.2, 0) is 0 Å². The molecule has 64 heavy (non-hydrogen) atoms. The number of phenols is 6. The Morgan fingerprint density at radius 2 is 0.484 bits per heavy atom. The zero-order valence-corrected chi connectivity index (χ0v) is 38.7. The second-order valence-corrected chi connectivity index (χ2v) is 17.1. The number of aromatic nitrogens is 4. The Morgan fingerprint density at radius 1 is 0.281 bits per heavy atom. The van der Waals surface area contributed by atoms with Crippen molar-refractivity contribution in [2.75, 3.05) is 0 Å². The van der Waals surface area contributed by atoms with Gasteiger partial charge in [0.25, 0.3) is 0 Å². The molecule has 18 heteroatoms. The number of nitrogens with zero attached hydrogens (tertiary/aromatic N) is 4. The van der Waals surface area contributed by atoms with Gasteiger partial charge in [0, 0.05) is 43.0 Å². The summed E-state index contributed by atoms with van der Waals surface area (Å²) in [5.41, 5.74) is 4.05. The first kappa shape index (κ1) is 49.2. The van der Waals surface area contributed by atoms with Gasteiger partial charge >= 0.3 is 0 Å². The molecule has 0 bridgehead atoms. The van der Waals surface area contributed by atoms with E-state index in [0.29, 0.717) is 0 Å². The maximum absolute atomic E-state index is 8.87. The number of pyridine rings is 4. The lowest BCUT2D eigenvalue weighted by molar-refractivity contribution is 0.450. The average Bonchev–Trinajstić information content (AvgIpc) is 4.02. The predicted octanol–water partition coefficient (Wildman–Crippen LogP) is 15.0. The summed E-state index contributed by atoms with van der Waals surface area (Å²) in [6.45, 7) is 0. The van der Waals surface area contributed by atoms with E-state index in [-0.39, 0.29) is 64.6 Å². The summed E-state index contributed by atoms with van der Waals surface area (Å²) < 4.78 is 0. The Balaban J connectivity index is 0.000000155. The molecule has 0 aliphatic heterocycles. The summed E-state index contributed by atoms with van der Waals surface area (Å²) in [6, 6.07) is 39.3. The summed E-state index contributed by atoms with van der Waals surface area (Å²) in [5.74, 6) is -1.06. The summed E-state index contributed by atoms with van der Waals surface area (Å²) in [7, 11) is 0. The molecular formula is C46H32Cl6N4O6S2. The van der Waals surface area contributed by atoms with E-state index in [4.69, 9.17) is 100 Å². The standard InChI is InChI=1S/2C14H10N2S.3C6H4Cl2O2/c2*1-3-9-15-11(5-1)13-7-8-14(17-13)12-6-2-4-10-16-12;3*7-3-1-4(8)6(10)2-5(3)9/h2*1-10H;3*1-2,9-10H. The highest BCUT2D eigenvalue weighted by molar-refractivity contribution is 7.19. The number of benzene rings is 3. The first-order chi connectivity index (χ1) is 30.7. The molecule has 0 saturated heterocycles. The molecule has 0 amide bonds. The van der Waals surface area contributed by atoms with Crippen molar-refractivity contribution >= 4 is 92.3 Å². The molecule has 6 N–H and O–H groups in total. The fourth-order valence-electron chi connectivity index (χ4n) is 4.84. The van der Waals surface area contributed by atoms with Gasteiger partial charge in [-0.05, 0) is 91.0 Å². The van der Waals surface area contributed by atoms with Gasteiger partial charge in [-0.1, -0.05) is 93.9 Å². The molecule has 9 aromatic rings. The molecule has 3 aromatic carbocycles. The molecule has 0 atom stereocenters. The fourth-order valence-corrected chi connectivity index (χ4v) is 7.91. The highest BCUT2D eigenvalue weighted by atomic mass is 35.5. The first-order valence-corrected chi connectivity index (χ1v) is 22.1. The number of hydrogen-bond acceptors (Lipinski definition) is 12. The van der Waals surface area contributed by atoms with E-state index in [1.165, 1.54) is 37.7 Å². The summed E-state index contributed by atoms with van der Waals surface area (Å²) >= 11 is 36.1. The van der Waals surface area contributed by atoms with Crippen molar-refractivity contribution in [2.24, 2.45) is 0 Å². The van der Waals surface area contributed by atoms with E-state index in [1.807, 2.05) is 97.6 Å². The Bertz CT molecular complexity index is 2380. The number of aromatic hydroxyl groups is 6. The first-order valence-electron chi connectivity index (χ1n) is 18.2. The summed E-state index contributed by atoms with van der Waals surface area (Å²) in [6.07, 6.45) is 7.26. The molecule has 10 nitrogen and oxygen atoms in total. The topological polar surface area (TPSA) is 173 Å². The number of phenolic OH excluding ortho intramolecular Hbond substituents is 6. The van der Waals surface area contributed by atoms with Gasteiger partial charge in [0.2, 0.25) is 0 Å². The zero-order valence-electron chi connectivity index (χ0n) is 32.6. The Morgan fingerprint density at radius 3 is 0.641 bits per heavy atom. The van der Waals surface area contributed by atoms with Crippen molar-refractivity contribution in [2.45, 2.75) is 0 Å². The van der Waals surface area contributed by atoms with Crippen molar-refractivity contribution < 1.29 is 30.6 Å². The quantitative estimate of drug-likeness (QED) is 0.0996. The van der Waals surface area contributed by atoms with Crippen LogP contribution in [0.5, 0.6) is 34.5 Å². The normalized spacial score (nSPS) is 10.1. The molecule has 0 aliphatic carbocycles. The number of hydrogen-bond donors (Lipinski definition) is 6. The van der Waals surface area contributed by atoms with Gasteiger partial charge < -0.3 is 30.6 Å². The molecule has 9 rings (SSSR count). The highest BCUT2D eigenvalue weighted by Crippen LogP contribution is 2.37. The van der Waals surface area contributed by atoms with Crippen LogP contribution < -0.4 is 0 Å². The SMILES string of the molecule is Oc1cc(O)c(Cl)cc1Cl.Oc1cc(O)c(Cl)cc1Cl.Oc1cc(O)c(Cl)cc1Cl.c1ccc(-c2ccc(-c3ccccn3)s2)nc1.c1ccc(-c2ccc(-c3ccccn3)s2)nc1. The lowest BCUT2D eigenvalue weighted by Gasteiger charge is -1.98. The third kappa shape index (κ3) is 14.6. The maximum Gasteiger partial charge on any atom is 0.137 e. The van der Waals surface area contributed by atoms with Gasteiger partial charge in [0.15, 0.2) is 0 Å². The van der Waals surface area contributed by atoms with Crippen LogP contribution in [-0.4, -0.2) is 50.6 Å². The van der Waals surface area contributed by atoms with E-state index < -0.39 is 0 Å². The second-order valence-electron chi connectivity index (χ2n) is 12.5.